The standard InChI is InChI=1S/C14H13F/c1-11-9-13(7-8-14(11)15)10-12-5-3-2-4-6-12/h2-9H,10H2,1H3. The Morgan fingerprint density at radius 1 is 0.933 bits per heavy atom. The van der Waals surface area contributed by atoms with E-state index in [1.165, 1.54) is 11.6 Å². The lowest BCUT2D eigenvalue weighted by Gasteiger charge is -2.03. The molecule has 0 aromatic heterocycles. The number of rotatable bonds is 2. The molecule has 0 atom stereocenters. The molecule has 0 saturated carbocycles. The maximum atomic E-state index is 13.0. The molecular formula is C14H13F. The van der Waals surface area contributed by atoms with Crippen LogP contribution in [0.1, 0.15) is 16.7 Å². The molecule has 0 spiro atoms. The minimum absolute atomic E-state index is 0.133. The summed E-state index contributed by atoms with van der Waals surface area (Å²) in [5, 5.41) is 0. The van der Waals surface area contributed by atoms with Crippen LogP contribution in [-0.2, 0) is 6.42 Å². The zero-order chi connectivity index (χ0) is 10.7. The molecule has 0 unspecified atom stereocenters. The van der Waals surface area contributed by atoms with Crippen molar-refractivity contribution < 1.29 is 4.39 Å². The summed E-state index contributed by atoms with van der Waals surface area (Å²) in [5.74, 6) is -0.133. The number of aryl methyl sites for hydroxylation is 1. The second kappa shape index (κ2) is 4.26. The van der Waals surface area contributed by atoms with E-state index in [-0.39, 0.29) is 5.82 Å². The Morgan fingerprint density at radius 3 is 2.33 bits per heavy atom. The first-order valence-electron chi connectivity index (χ1n) is 5.04. The van der Waals surface area contributed by atoms with Crippen molar-refractivity contribution in [1.82, 2.24) is 0 Å². The summed E-state index contributed by atoms with van der Waals surface area (Å²) in [6.07, 6.45) is 0.863. The van der Waals surface area contributed by atoms with Crippen molar-refractivity contribution in [3.05, 3.63) is 71.0 Å². The van der Waals surface area contributed by atoms with Crippen LogP contribution in [0.2, 0.25) is 0 Å². The van der Waals surface area contributed by atoms with Crippen LogP contribution < -0.4 is 0 Å². The zero-order valence-electron chi connectivity index (χ0n) is 8.70. The summed E-state index contributed by atoms with van der Waals surface area (Å²) in [7, 11) is 0. The van der Waals surface area contributed by atoms with E-state index in [1.807, 2.05) is 30.3 Å². The lowest BCUT2D eigenvalue weighted by molar-refractivity contribution is 0.618. The largest absolute Gasteiger partial charge is 0.207 e. The minimum atomic E-state index is -0.133. The molecular weight excluding hydrogens is 187 g/mol. The highest BCUT2D eigenvalue weighted by atomic mass is 19.1. The van der Waals surface area contributed by atoms with E-state index in [1.54, 1.807) is 6.92 Å². The van der Waals surface area contributed by atoms with Gasteiger partial charge in [-0.2, -0.15) is 0 Å². The van der Waals surface area contributed by atoms with Crippen molar-refractivity contribution >= 4 is 0 Å². The molecule has 0 amide bonds. The highest BCUT2D eigenvalue weighted by molar-refractivity contribution is 5.29. The Bertz CT molecular complexity index is 446. The molecule has 0 saturated heterocycles. The van der Waals surface area contributed by atoms with Crippen molar-refractivity contribution in [3.8, 4) is 0 Å². The molecule has 0 nitrogen and oxygen atoms in total. The van der Waals surface area contributed by atoms with Crippen molar-refractivity contribution in [1.29, 1.82) is 0 Å². The smallest absolute Gasteiger partial charge is 0.126 e. The molecule has 0 aliphatic heterocycles. The third-order valence-corrected chi connectivity index (χ3v) is 2.47. The maximum absolute atomic E-state index is 13.0. The normalized spacial score (nSPS) is 10.3. The van der Waals surface area contributed by atoms with Crippen LogP contribution in [0.5, 0.6) is 0 Å². The summed E-state index contributed by atoms with van der Waals surface area (Å²) in [6.45, 7) is 1.80. The molecule has 0 aliphatic rings. The van der Waals surface area contributed by atoms with Crippen LogP contribution >= 0.6 is 0 Å². The van der Waals surface area contributed by atoms with Crippen molar-refractivity contribution in [2.75, 3.05) is 0 Å². The minimum Gasteiger partial charge on any atom is -0.207 e. The summed E-state index contributed by atoms with van der Waals surface area (Å²) < 4.78 is 13.0. The molecule has 0 N–H and O–H groups in total. The van der Waals surface area contributed by atoms with E-state index in [2.05, 4.69) is 12.1 Å². The zero-order valence-corrected chi connectivity index (χ0v) is 8.70. The molecule has 0 aliphatic carbocycles. The molecule has 2 aromatic carbocycles. The van der Waals surface area contributed by atoms with Gasteiger partial charge in [-0.3, -0.25) is 0 Å². The molecule has 0 radical (unpaired) electrons. The average molecular weight is 200 g/mol. The first-order chi connectivity index (χ1) is 7.25. The fourth-order valence-electron chi connectivity index (χ4n) is 1.65. The van der Waals surface area contributed by atoms with Crippen LogP contribution in [0.4, 0.5) is 4.39 Å². The third kappa shape index (κ3) is 2.44. The first-order valence-corrected chi connectivity index (χ1v) is 5.04. The Hall–Kier alpha value is -1.63. The summed E-state index contributed by atoms with van der Waals surface area (Å²) in [4.78, 5) is 0. The predicted octanol–water partition coefficient (Wildman–Crippen LogP) is 3.72. The molecule has 0 bridgehead atoms. The molecule has 2 rings (SSSR count). The van der Waals surface area contributed by atoms with Gasteiger partial charge in [0.25, 0.3) is 0 Å². The number of halogens is 1. The molecule has 15 heavy (non-hydrogen) atoms. The van der Waals surface area contributed by atoms with Gasteiger partial charge in [0.15, 0.2) is 0 Å². The Kier molecular flexibility index (Phi) is 2.82. The molecule has 2 aromatic rings. The highest BCUT2D eigenvalue weighted by Crippen LogP contribution is 2.13. The SMILES string of the molecule is Cc1cc(Cc2ccccc2)ccc1F. The first kappa shape index (κ1) is 9.91. The van der Waals surface area contributed by atoms with Gasteiger partial charge in [0.2, 0.25) is 0 Å². The van der Waals surface area contributed by atoms with Gasteiger partial charge in [0.1, 0.15) is 5.82 Å². The van der Waals surface area contributed by atoms with Crippen molar-refractivity contribution in [2.24, 2.45) is 0 Å². The van der Waals surface area contributed by atoms with Crippen LogP contribution in [-0.4, -0.2) is 0 Å². The molecule has 1 heteroatoms. The number of hydrogen-bond acceptors (Lipinski definition) is 0. The predicted molar refractivity (Wildman–Crippen MR) is 60.4 cm³/mol. The lowest BCUT2D eigenvalue weighted by Crippen LogP contribution is -1.90. The summed E-state index contributed by atoms with van der Waals surface area (Å²) >= 11 is 0. The number of benzene rings is 2. The van der Waals surface area contributed by atoms with Gasteiger partial charge in [0, 0.05) is 0 Å². The quantitative estimate of drug-likeness (QED) is 0.693. The monoisotopic (exact) mass is 200 g/mol. The van der Waals surface area contributed by atoms with Crippen LogP contribution in [0, 0.1) is 12.7 Å². The second-order valence-corrected chi connectivity index (χ2v) is 3.75. The van der Waals surface area contributed by atoms with Gasteiger partial charge in [-0.05, 0) is 36.1 Å². The summed E-state index contributed by atoms with van der Waals surface area (Å²) in [5.41, 5.74) is 3.12. The van der Waals surface area contributed by atoms with E-state index in [4.69, 9.17) is 0 Å². The van der Waals surface area contributed by atoms with Gasteiger partial charge in [0.05, 0.1) is 0 Å². The van der Waals surface area contributed by atoms with E-state index < -0.39 is 0 Å². The average Bonchev–Trinajstić information content (AvgIpc) is 2.25. The fourth-order valence-corrected chi connectivity index (χ4v) is 1.65. The van der Waals surface area contributed by atoms with E-state index in [0.717, 1.165) is 12.0 Å². The van der Waals surface area contributed by atoms with Gasteiger partial charge >= 0.3 is 0 Å². The number of hydrogen-bond donors (Lipinski definition) is 0. The summed E-state index contributed by atoms with van der Waals surface area (Å²) in [6, 6.07) is 15.5. The molecule has 0 heterocycles. The Labute approximate surface area is 89.4 Å². The van der Waals surface area contributed by atoms with Gasteiger partial charge in [-0.25, -0.2) is 4.39 Å². The van der Waals surface area contributed by atoms with Crippen LogP contribution in [0.25, 0.3) is 0 Å². The molecule has 0 fully saturated rings. The van der Waals surface area contributed by atoms with Crippen molar-refractivity contribution in [2.45, 2.75) is 13.3 Å². The van der Waals surface area contributed by atoms with Gasteiger partial charge < -0.3 is 0 Å². The highest BCUT2D eigenvalue weighted by Gasteiger charge is 1.99. The van der Waals surface area contributed by atoms with Crippen LogP contribution in [0.3, 0.4) is 0 Å². The maximum Gasteiger partial charge on any atom is 0.126 e. The van der Waals surface area contributed by atoms with Gasteiger partial charge in [-0.15, -0.1) is 0 Å². The van der Waals surface area contributed by atoms with E-state index in [0.29, 0.717) is 5.56 Å². The Morgan fingerprint density at radius 2 is 1.67 bits per heavy atom. The lowest BCUT2D eigenvalue weighted by atomic mass is 10.0. The van der Waals surface area contributed by atoms with Crippen LogP contribution in [0.15, 0.2) is 48.5 Å². The van der Waals surface area contributed by atoms with E-state index in [9.17, 15) is 4.39 Å². The fraction of sp³-hybridized carbons (Fsp3) is 0.143. The second-order valence-electron chi connectivity index (χ2n) is 3.75. The topological polar surface area (TPSA) is 0 Å². The van der Waals surface area contributed by atoms with Crippen molar-refractivity contribution in [3.63, 3.8) is 0 Å². The van der Waals surface area contributed by atoms with Gasteiger partial charge in [-0.1, -0.05) is 42.5 Å². The third-order valence-electron chi connectivity index (χ3n) is 2.47. The Balaban J connectivity index is 2.22. The molecule has 76 valence electrons. The van der Waals surface area contributed by atoms with E-state index >= 15 is 0 Å².